The largest absolute Gasteiger partial charge is 0.464 e. The molecule has 1 heterocycles. The summed E-state index contributed by atoms with van der Waals surface area (Å²) in [5.74, 6) is -1.51. The number of nitrogens with zero attached hydrogens (tertiary/aromatic N) is 1. The lowest BCUT2D eigenvalue weighted by molar-refractivity contribution is -0.143. The highest BCUT2D eigenvalue weighted by Gasteiger charge is 2.30. The van der Waals surface area contributed by atoms with Crippen molar-refractivity contribution in [3.8, 4) is 0 Å². The van der Waals surface area contributed by atoms with Crippen molar-refractivity contribution in [2.24, 2.45) is 5.18 Å². The molecular weight excluding hydrogens is 218 g/mol. The van der Waals surface area contributed by atoms with Crippen LogP contribution >= 0.6 is 11.3 Å². The van der Waals surface area contributed by atoms with Crippen LogP contribution in [0, 0.1) is 4.91 Å². The van der Waals surface area contributed by atoms with Crippen molar-refractivity contribution in [2.45, 2.75) is 13.0 Å². The molecule has 1 aromatic heterocycles. The molecule has 0 aliphatic carbocycles. The van der Waals surface area contributed by atoms with Gasteiger partial charge in [-0.1, -0.05) is 6.07 Å². The number of nitroso groups, excluding NO2 is 1. The third-order valence-corrected chi connectivity index (χ3v) is 2.51. The highest BCUT2D eigenvalue weighted by atomic mass is 32.1. The minimum atomic E-state index is -1.58. The molecular formula is C9H9NO4S. The van der Waals surface area contributed by atoms with Gasteiger partial charge in [0.15, 0.2) is 0 Å². The molecule has 0 aromatic carbocycles. The maximum absolute atomic E-state index is 11.6. The number of Topliss-reactive ketones (excluding diaryl/α,β-unsaturated/α-hetero) is 1. The average molecular weight is 227 g/mol. The summed E-state index contributed by atoms with van der Waals surface area (Å²) in [7, 11) is 0. The Morgan fingerprint density at radius 3 is 2.80 bits per heavy atom. The normalized spacial score (nSPS) is 11.8. The zero-order valence-corrected chi connectivity index (χ0v) is 8.82. The summed E-state index contributed by atoms with van der Waals surface area (Å²) in [5, 5.41) is 4.18. The minimum Gasteiger partial charge on any atom is -0.464 e. The smallest absolute Gasteiger partial charge is 0.342 e. The molecule has 0 radical (unpaired) electrons. The van der Waals surface area contributed by atoms with Crippen LogP contribution in [0.3, 0.4) is 0 Å². The first kappa shape index (κ1) is 11.5. The summed E-state index contributed by atoms with van der Waals surface area (Å²) in [6, 6.07) is 1.61. The van der Waals surface area contributed by atoms with Crippen LogP contribution in [0.15, 0.2) is 22.7 Å². The molecule has 0 N–H and O–H groups in total. The van der Waals surface area contributed by atoms with E-state index in [1.54, 1.807) is 18.4 Å². The number of thiophene rings is 1. The van der Waals surface area contributed by atoms with Crippen molar-refractivity contribution in [3.63, 3.8) is 0 Å². The minimum absolute atomic E-state index is 0.114. The van der Waals surface area contributed by atoms with E-state index >= 15 is 0 Å². The first-order valence-corrected chi connectivity index (χ1v) is 5.15. The van der Waals surface area contributed by atoms with Gasteiger partial charge in [0.05, 0.1) is 11.5 Å². The Bertz CT molecular complexity index is 360. The van der Waals surface area contributed by atoms with Gasteiger partial charge in [-0.25, -0.2) is 4.79 Å². The van der Waals surface area contributed by atoms with Gasteiger partial charge in [-0.3, -0.25) is 4.79 Å². The van der Waals surface area contributed by atoms with Crippen molar-refractivity contribution in [3.05, 3.63) is 27.3 Å². The van der Waals surface area contributed by atoms with E-state index in [0.29, 0.717) is 4.88 Å². The Morgan fingerprint density at radius 1 is 1.60 bits per heavy atom. The van der Waals surface area contributed by atoms with Crippen LogP contribution < -0.4 is 0 Å². The predicted molar refractivity (Wildman–Crippen MR) is 54.9 cm³/mol. The quantitative estimate of drug-likeness (QED) is 0.331. The van der Waals surface area contributed by atoms with Crippen LogP contribution in [0.1, 0.15) is 16.6 Å². The Labute approximate surface area is 90.0 Å². The van der Waals surface area contributed by atoms with E-state index in [-0.39, 0.29) is 6.61 Å². The van der Waals surface area contributed by atoms with E-state index in [2.05, 4.69) is 9.91 Å². The Kier molecular flexibility index (Phi) is 4.11. The molecule has 0 saturated carbocycles. The number of hydrogen-bond acceptors (Lipinski definition) is 6. The van der Waals surface area contributed by atoms with Gasteiger partial charge >= 0.3 is 5.97 Å². The molecule has 1 atom stereocenters. The van der Waals surface area contributed by atoms with Crippen LogP contribution in [-0.4, -0.2) is 24.4 Å². The number of ketones is 1. The van der Waals surface area contributed by atoms with Crippen molar-refractivity contribution < 1.29 is 14.3 Å². The fourth-order valence-electron chi connectivity index (χ4n) is 0.973. The number of ether oxygens (including phenoxy) is 1. The molecule has 1 rings (SSSR count). The molecule has 0 amide bonds. The van der Waals surface area contributed by atoms with Gasteiger partial charge in [-0.2, -0.15) is 0 Å². The molecule has 0 bridgehead atoms. The van der Waals surface area contributed by atoms with Crippen molar-refractivity contribution >= 4 is 23.1 Å². The van der Waals surface area contributed by atoms with Gasteiger partial charge in [0.1, 0.15) is 0 Å². The second-order valence-electron chi connectivity index (χ2n) is 2.60. The zero-order valence-electron chi connectivity index (χ0n) is 8.00. The molecule has 6 heteroatoms. The van der Waals surface area contributed by atoms with Crippen molar-refractivity contribution in [2.75, 3.05) is 6.61 Å². The highest BCUT2D eigenvalue weighted by Crippen LogP contribution is 2.13. The van der Waals surface area contributed by atoms with E-state index < -0.39 is 17.8 Å². The van der Waals surface area contributed by atoms with Gasteiger partial charge < -0.3 is 4.74 Å². The molecule has 15 heavy (non-hydrogen) atoms. The Balaban J connectivity index is 2.79. The van der Waals surface area contributed by atoms with Gasteiger partial charge in [0.2, 0.25) is 5.78 Å². The van der Waals surface area contributed by atoms with Crippen LogP contribution in [0.4, 0.5) is 0 Å². The highest BCUT2D eigenvalue weighted by molar-refractivity contribution is 7.12. The number of hydrogen-bond donors (Lipinski definition) is 0. The topological polar surface area (TPSA) is 72.8 Å². The molecule has 80 valence electrons. The van der Waals surface area contributed by atoms with Crippen molar-refractivity contribution in [1.82, 2.24) is 0 Å². The van der Waals surface area contributed by atoms with Crippen LogP contribution in [0.5, 0.6) is 0 Å². The van der Waals surface area contributed by atoms with E-state index in [1.165, 1.54) is 6.07 Å². The molecule has 0 aliphatic heterocycles. The summed E-state index contributed by atoms with van der Waals surface area (Å²) in [4.78, 5) is 33.5. The molecule has 0 spiro atoms. The summed E-state index contributed by atoms with van der Waals surface area (Å²) in [6.45, 7) is 1.71. The van der Waals surface area contributed by atoms with E-state index in [4.69, 9.17) is 0 Å². The lowest BCUT2D eigenvalue weighted by Gasteiger charge is -2.05. The first-order chi connectivity index (χ1) is 7.20. The fourth-order valence-corrected chi connectivity index (χ4v) is 1.66. The van der Waals surface area contributed by atoms with Gasteiger partial charge in [-0.15, -0.1) is 16.2 Å². The Morgan fingerprint density at radius 2 is 2.33 bits per heavy atom. The summed E-state index contributed by atoms with van der Waals surface area (Å²) >= 11 is 1.15. The van der Waals surface area contributed by atoms with E-state index in [1.807, 2.05) is 0 Å². The summed E-state index contributed by atoms with van der Waals surface area (Å²) in [6.07, 6.45) is 0. The van der Waals surface area contributed by atoms with Crippen LogP contribution in [0.2, 0.25) is 0 Å². The third-order valence-electron chi connectivity index (χ3n) is 1.63. The summed E-state index contributed by atoms with van der Waals surface area (Å²) in [5.41, 5.74) is 0. The van der Waals surface area contributed by atoms with E-state index in [0.717, 1.165) is 11.3 Å². The summed E-state index contributed by atoms with van der Waals surface area (Å²) < 4.78 is 4.57. The predicted octanol–water partition coefficient (Wildman–Crippen LogP) is 1.63. The second kappa shape index (κ2) is 5.35. The van der Waals surface area contributed by atoms with Crippen LogP contribution in [0.25, 0.3) is 0 Å². The maximum Gasteiger partial charge on any atom is 0.342 e. The number of rotatable bonds is 5. The number of carbonyl (C=O) groups excluding carboxylic acids is 2. The number of esters is 1. The SMILES string of the molecule is CCOC(=O)C(N=O)C(=O)c1cccs1. The zero-order chi connectivity index (χ0) is 11.3. The number of carbonyl (C=O) groups is 2. The fraction of sp³-hybridized carbons (Fsp3) is 0.333. The van der Waals surface area contributed by atoms with Gasteiger partial charge in [0, 0.05) is 0 Å². The maximum atomic E-state index is 11.6. The standard InChI is InChI=1S/C9H9NO4S/c1-2-14-9(12)7(10-13)8(11)6-4-3-5-15-6/h3-5,7H,2H2,1H3. The lowest BCUT2D eigenvalue weighted by atomic mass is 10.2. The second-order valence-corrected chi connectivity index (χ2v) is 3.55. The van der Waals surface area contributed by atoms with Gasteiger partial charge in [0.25, 0.3) is 6.04 Å². The average Bonchev–Trinajstić information content (AvgIpc) is 2.71. The molecule has 0 fully saturated rings. The molecule has 1 aromatic rings. The first-order valence-electron chi connectivity index (χ1n) is 4.27. The monoisotopic (exact) mass is 227 g/mol. The third kappa shape index (κ3) is 2.69. The molecule has 0 saturated heterocycles. The Hall–Kier alpha value is -1.56. The van der Waals surface area contributed by atoms with Gasteiger partial charge in [-0.05, 0) is 23.5 Å². The van der Waals surface area contributed by atoms with Crippen molar-refractivity contribution in [1.29, 1.82) is 0 Å². The molecule has 5 nitrogen and oxygen atoms in total. The molecule has 1 unspecified atom stereocenters. The van der Waals surface area contributed by atoms with E-state index in [9.17, 15) is 14.5 Å². The molecule has 0 aliphatic rings. The lowest BCUT2D eigenvalue weighted by Crippen LogP contribution is -2.29. The van der Waals surface area contributed by atoms with Crippen LogP contribution in [-0.2, 0) is 9.53 Å².